The molecule has 0 heterocycles. The van der Waals surface area contributed by atoms with Crippen molar-refractivity contribution >= 4 is 0 Å². The average molecular weight is 265 g/mol. The highest BCUT2D eigenvalue weighted by atomic mass is 16.3. The van der Waals surface area contributed by atoms with E-state index in [0.717, 1.165) is 18.8 Å². The van der Waals surface area contributed by atoms with E-state index in [4.69, 9.17) is 5.73 Å². The summed E-state index contributed by atoms with van der Waals surface area (Å²) in [5, 5.41) is 11.5. The Bertz CT molecular complexity index is 342. The number of nitrogens with two attached hydrogens (primary N) is 1. The molecule has 0 aromatic carbocycles. The van der Waals surface area contributed by atoms with E-state index in [1.165, 1.54) is 38.5 Å². The zero-order chi connectivity index (χ0) is 13.7. The standard InChI is InChI=1S/C17H31NO/c1-12(2)14-4-3-7-17(19,10-14)16(11-18)9-13-5-6-15(16)8-13/h12-15,19H,3-11,18H2,1-2H3. The van der Waals surface area contributed by atoms with Gasteiger partial charge in [0, 0.05) is 12.0 Å². The van der Waals surface area contributed by atoms with Gasteiger partial charge in [0.15, 0.2) is 0 Å². The predicted molar refractivity (Wildman–Crippen MR) is 78.7 cm³/mol. The summed E-state index contributed by atoms with van der Waals surface area (Å²) in [5.41, 5.74) is 5.83. The Balaban J connectivity index is 1.86. The van der Waals surface area contributed by atoms with Crippen LogP contribution in [0.4, 0.5) is 0 Å². The van der Waals surface area contributed by atoms with Crippen molar-refractivity contribution in [3.05, 3.63) is 0 Å². The van der Waals surface area contributed by atoms with Crippen molar-refractivity contribution in [2.45, 2.75) is 70.8 Å². The predicted octanol–water partition coefficient (Wildman–Crippen LogP) is 3.33. The molecule has 2 bridgehead atoms. The molecule has 0 saturated heterocycles. The Labute approximate surface area is 118 Å². The molecular formula is C17H31NO. The third kappa shape index (κ3) is 1.98. The molecule has 0 aliphatic heterocycles. The average Bonchev–Trinajstić information content (AvgIpc) is 2.99. The Kier molecular flexibility index (Phi) is 3.46. The van der Waals surface area contributed by atoms with Crippen LogP contribution < -0.4 is 5.73 Å². The fourth-order valence-electron chi connectivity index (χ4n) is 5.77. The van der Waals surface area contributed by atoms with Gasteiger partial charge in [0.1, 0.15) is 0 Å². The van der Waals surface area contributed by atoms with E-state index >= 15 is 0 Å². The van der Waals surface area contributed by atoms with Gasteiger partial charge in [-0.25, -0.2) is 0 Å². The monoisotopic (exact) mass is 265 g/mol. The fourth-order valence-corrected chi connectivity index (χ4v) is 5.77. The second kappa shape index (κ2) is 4.73. The van der Waals surface area contributed by atoms with Crippen LogP contribution in [-0.2, 0) is 0 Å². The molecule has 0 aromatic heterocycles. The molecule has 3 fully saturated rings. The van der Waals surface area contributed by atoms with Crippen LogP contribution >= 0.6 is 0 Å². The SMILES string of the molecule is CC(C)C1CCCC(O)(C2(CN)CC3CCC2C3)C1. The summed E-state index contributed by atoms with van der Waals surface area (Å²) in [5.74, 6) is 2.96. The van der Waals surface area contributed by atoms with Crippen molar-refractivity contribution in [3.63, 3.8) is 0 Å². The lowest BCUT2D eigenvalue weighted by atomic mass is 9.55. The Morgan fingerprint density at radius 1 is 1.21 bits per heavy atom. The van der Waals surface area contributed by atoms with Crippen molar-refractivity contribution in [1.29, 1.82) is 0 Å². The quantitative estimate of drug-likeness (QED) is 0.822. The summed E-state index contributed by atoms with van der Waals surface area (Å²) in [7, 11) is 0. The molecule has 3 rings (SSSR count). The number of rotatable bonds is 3. The van der Waals surface area contributed by atoms with Gasteiger partial charge in [0.25, 0.3) is 0 Å². The normalized spacial score (nSPS) is 50.1. The van der Waals surface area contributed by atoms with Gasteiger partial charge in [-0.05, 0) is 62.2 Å². The summed E-state index contributed by atoms with van der Waals surface area (Å²) in [4.78, 5) is 0. The number of aliphatic hydroxyl groups is 1. The molecule has 2 heteroatoms. The Morgan fingerprint density at radius 2 is 2.00 bits per heavy atom. The molecule has 5 atom stereocenters. The molecule has 0 spiro atoms. The lowest BCUT2D eigenvalue weighted by molar-refractivity contribution is -0.145. The van der Waals surface area contributed by atoms with Gasteiger partial charge in [-0.2, -0.15) is 0 Å². The molecule has 0 radical (unpaired) electrons. The second-order valence-corrected chi connectivity index (χ2v) is 8.07. The van der Waals surface area contributed by atoms with Crippen LogP contribution in [0.5, 0.6) is 0 Å². The van der Waals surface area contributed by atoms with E-state index < -0.39 is 5.60 Å². The maximum absolute atomic E-state index is 11.5. The van der Waals surface area contributed by atoms with Crippen LogP contribution in [0.25, 0.3) is 0 Å². The van der Waals surface area contributed by atoms with E-state index in [9.17, 15) is 5.11 Å². The minimum Gasteiger partial charge on any atom is -0.389 e. The fraction of sp³-hybridized carbons (Fsp3) is 1.00. The summed E-state index contributed by atoms with van der Waals surface area (Å²) >= 11 is 0. The van der Waals surface area contributed by atoms with Crippen LogP contribution in [0.3, 0.4) is 0 Å². The molecule has 3 saturated carbocycles. The van der Waals surface area contributed by atoms with Crippen molar-refractivity contribution in [2.24, 2.45) is 34.8 Å². The van der Waals surface area contributed by atoms with Crippen LogP contribution in [0.1, 0.15) is 65.2 Å². The van der Waals surface area contributed by atoms with Crippen molar-refractivity contribution in [2.75, 3.05) is 6.54 Å². The molecule has 3 N–H and O–H groups in total. The first-order chi connectivity index (χ1) is 9.01. The minimum absolute atomic E-state index is 0.0590. The van der Waals surface area contributed by atoms with E-state index in [1.54, 1.807) is 0 Å². The smallest absolute Gasteiger partial charge is 0.0721 e. The third-order valence-corrected chi connectivity index (χ3v) is 6.97. The highest BCUT2D eigenvalue weighted by molar-refractivity contribution is 5.12. The van der Waals surface area contributed by atoms with Gasteiger partial charge < -0.3 is 10.8 Å². The van der Waals surface area contributed by atoms with E-state index in [1.807, 2.05) is 0 Å². The van der Waals surface area contributed by atoms with E-state index in [-0.39, 0.29) is 5.41 Å². The molecule has 2 nitrogen and oxygen atoms in total. The minimum atomic E-state index is -0.464. The number of hydrogen-bond donors (Lipinski definition) is 2. The van der Waals surface area contributed by atoms with Crippen LogP contribution in [-0.4, -0.2) is 17.3 Å². The first-order valence-corrected chi connectivity index (χ1v) is 8.43. The second-order valence-electron chi connectivity index (χ2n) is 8.07. The van der Waals surface area contributed by atoms with Gasteiger partial charge in [-0.1, -0.05) is 26.7 Å². The maximum atomic E-state index is 11.5. The number of hydrogen-bond acceptors (Lipinski definition) is 2. The summed E-state index contributed by atoms with van der Waals surface area (Å²) in [6.45, 7) is 5.33. The van der Waals surface area contributed by atoms with Crippen LogP contribution in [0.2, 0.25) is 0 Å². The molecular weight excluding hydrogens is 234 g/mol. The zero-order valence-electron chi connectivity index (χ0n) is 12.7. The maximum Gasteiger partial charge on any atom is 0.0721 e. The summed E-state index contributed by atoms with van der Waals surface area (Å²) in [6, 6.07) is 0. The lowest BCUT2D eigenvalue weighted by Crippen LogP contribution is -2.57. The van der Waals surface area contributed by atoms with E-state index in [0.29, 0.717) is 24.3 Å². The van der Waals surface area contributed by atoms with Gasteiger partial charge in [-0.15, -0.1) is 0 Å². The first-order valence-electron chi connectivity index (χ1n) is 8.43. The highest BCUT2D eigenvalue weighted by Gasteiger charge is 2.61. The van der Waals surface area contributed by atoms with Gasteiger partial charge in [-0.3, -0.25) is 0 Å². The summed E-state index contributed by atoms with van der Waals surface area (Å²) < 4.78 is 0. The Hall–Kier alpha value is -0.0800. The highest BCUT2D eigenvalue weighted by Crippen LogP contribution is 2.63. The molecule has 3 aliphatic carbocycles. The van der Waals surface area contributed by atoms with Crippen LogP contribution in [0, 0.1) is 29.1 Å². The third-order valence-electron chi connectivity index (χ3n) is 6.97. The van der Waals surface area contributed by atoms with Gasteiger partial charge >= 0.3 is 0 Å². The molecule has 3 aliphatic rings. The zero-order valence-corrected chi connectivity index (χ0v) is 12.7. The molecule has 0 aromatic rings. The topological polar surface area (TPSA) is 46.2 Å². The van der Waals surface area contributed by atoms with Crippen molar-refractivity contribution in [1.82, 2.24) is 0 Å². The van der Waals surface area contributed by atoms with Gasteiger partial charge in [0.2, 0.25) is 0 Å². The van der Waals surface area contributed by atoms with Crippen molar-refractivity contribution in [3.8, 4) is 0 Å². The first kappa shape index (κ1) is 13.9. The van der Waals surface area contributed by atoms with E-state index in [2.05, 4.69) is 13.8 Å². The molecule has 110 valence electrons. The van der Waals surface area contributed by atoms with Gasteiger partial charge in [0.05, 0.1) is 5.60 Å². The molecule has 0 amide bonds. The molecule has 5 unspecified atom stereocenters. The molecule has 19 heavy (non-hydrogen) atoms. The summed E-state index contributed by atoms with van der Waals surface area (Å²) in [6.07, 6.45) is 9.74. The number of fused-ring (bicyclic) bond motifs is 2. The van der Waals surface area contributed by atoms with Crippen molar-refractivity contribution < 1.29 is 5.11 Å². The lowest BCUT2D eigenvalue weighted by Gasteiger charge is -2.53. The largest absolute Gasteiger partial charge is 0.389 e. The van der Waals surface area contributed by atoms with Crippen LogP contribution in [0.15, 0.2) is 0 Å². The Morgan fingerprint density at radius 3 is 2.53 bits per heavy atom.